The summed E-state index contributed by atoms with van der Waals surface area (Å²) in [4.78, 5) is 35.9. The number of carbonyl (C=O) groups excluding carboxylic acids is 2. The summed E-state index contributed by atoms with van der Waals surface area (Å²) in [7, 11) is 0. The number of carbonyl (C=O) groups is 3. The highest BCUT2D eigenvalue weighted by molar-refractivity contribution is 6.33. The van der Waals surface area contributed by atoms with Gasteiger partial charge in [-0.2, -0.15) is 0 Å². The molecule has 1 unspecified atom stereocenters. The summed E-state index contributed by atoms with van der Waals surface area (Å²) < 4.78 is 5.50. The van der Waals surface area contributed by atoms with Crippen LogP contribution in [0.15, 0.2) is 66.7 Å². The van der Waals surface area contributed by atoms with Gasteiger partial charge in [0.05, 0.1) is 10.6 Å². The lowest BCUT2D eigenvalue weighted by Gasteiger charge is -2.17. The van der Waals surface area contributed by atoms with E-state index in [0.29, 0.717) is 5.69 Å². The van der Waals surface area contributed by atoms with Crippen molar-refractivity contribution in [1.82, 2.24) is 5.32 Å². The van der Waals surface area contributed by atoms with Crippen LogP contribution < -0.4 is 10.6 Å². The molecule has 0 spiro atoms. The van der Waals surface area contributed by atoms with Crippen molar-refractivity contribution < 1.29 is 24.2 Å². The van der Waals surface area contributed by atoms with E-state index in [2.05, 4.69) is 22.8 Å². The molecule has 2 amide bonds. The number of nitrogens with one attached hydrogen (secondary N) is 2. The van der Waals surface area contributed by atoms with E-state index in [9.17, 15) is 14.4 Å². The number of benzene rings is 3. The van der Waals surface area contributed by atoms with E-state index in [4.69, 9.17) is 21.4 Å². The van der Waals surface area contributed by atoms with Crippen molar-refractivity contribution >= 4 is 35.3 Å². The fraction of sp³-hybridized carbons (Fsp3) is 0.192. The number of ether oxygens (including phenoxy) is 1. The SMILES string of the molecule is CC(CC(=O)Nc1ccc(Cl)c(C(=O)O)c1)NC(=O)OCC1c2ccccc2-c2ccccc21. The average molecular weight is 479 g/mol. The highest BCUT2D eigenvalue weighted by Gasteiger charge is 2.29. The molecule has 174 valence electrons. The van der Waals surface area contributed by atoms with Crippen LogP contribution >= 0.6 is 11.6 Å². The summed E-state index contributed by atoms with van der Waals surface area (Å²) in [6.07, 6.45) is -0.628. The third kappa shape index (κ3) is 5.05. The minimum absolute atomic E-state index is 0.0186. The van der Waals surface area contributed by atoms with Gasteiger partial charge in [-0.3, -0.25) is 4.79 Å². The van der Waals surface area contributed by atoms with Crippen LogP contribution in [-0.2, 0) is 9.53 Å². The van der Waals surface area contributed by atoms with Gasteiger partial charge < -0.3 is 20.5 Å². The van der Waals surface area contributed by atoms with Crippen molar-refractivity contribution in [2.45, 2.75) is 25.3 Å². The van der Waals surface area contributed by atoms with E-state index < -0.39 is 18.1 Å². The first-order chi connectivity index (χ1) is 16.3. The van der Waals surface area contributed by atoms with Gasteiger partial charge in [-0.15, -0.1) is 0 Å². The normalized spacial score (nSPS) is 12.9. The molecule has 0 aromatic heterocycles. The maximum absolute atomic E-state index is 12.4. The largest absolute Gasteiger partial charge is 0.478 e. The highest BCUT2D eigenvalue weighted by Crippen LogP contribution is 2.44. The van der Waals surface area contributed by atoms with Crippen molar-refractivity contribution in [3.05, 3.63) is 88.4 Å². The summed E-state index contributed by atoms with van der Waals surface area (Å²) in [6.45, 7) is 1.87. The minimum Gasteiger partial charge on any atom is -0.478 e. The first kappa shape index (κ1) is 23.3. The maximum Gasteiger partial charge on any atom is 0.407 e. The predicted molar refractivity (Wildman–Crippen MR) is 129 cm³/mol. The van der Waals surface area contributed by atoms with E-state index in [-0.39, 0.29) is 35.4 Å². The number of amides is 2. The molecule has 34 heavy (non-hydrogen) atoms. The number of anilines is 1. The number of alkyl carbamates (subject to hydrolysis) is 1. The second-order valence-electron chi connectivity index (χ2n) is 8.12. The topological polar surface area (TPSA) is 105 Å². The Balaban J connectivity index is 1.30. The van der Waals surface area contributed by atoms with Crippen LogP contribution in [0.4, 0.5) is 10.5 Å². The quantitative estimate of drug-likeness (QED) is 0.427. The van der Waals surface area contributed by atoms with Crippen LogP contribution in [0.1, 0.15) is 40.7 Å². The Kier molecular flexibility index (Phi) is 6.84. The molecule has 3 aromatic rings. The second-order valence-corrected chi connectivity index (χ2v) is 8.53. The number of hydrogen-bond acceptors (Lipinski definition) is 4. The van der Waals surface area contributed by atoms with Crippen molar-refractivity contribution in [3.8, 4) is 11.1 Å². The Morgan fingerprint density at radius 3 is 2.24 bits per heavy atom. The Bertz CT molecular complexity index is 1210. The number of carboxylic acids is 1. The van der Waals surface area contributed by atoms with E-state index >= 15 is 0 Å². The molecule has 3 aromatic carbocycles. The fourth-order valence-corrected chi connectivity index (χ4v) is 4.35. The molecule has 4 rings (SSSR count). The van der Waals surface area contributed by atoms with Gasteiger partial charge in [-0.05, 0) is 47.4 Å². The van der Waals surface area contributed by atoms with E-state index in [1.807, 2.05) is 36.4 Å². The highest BCUT2D eigenvalue weighted by atomic mass is 35.5. The van der Waals surface area contributed by atoms with Gasteiger partial charge in [-0.1, -0.05) is 60.1 Å². The van der Waals surface area contributed by atoms with Gasteiger partial charge in [0, 0.05) is 24.1 Å². The molecule has 1 atom stereocenters. The van der Waals surface area contributed by atoms with Crippen LogP contribution in [-0.4, -0.2) is 35.7 Å². The summed E-state index contributed by atoms with van der Waals surface area (Å²) in [5, 5.41) is 14.5. The number of carboxylic acid groups (broad SMARTS) is 1. The standard InChI is InChI=1S/C26H23ClN2O5/c1-15(12-24(30)29-16-10-11-23(27)21(13-16)25(31)32)28-26(33)34-14-22-19-8-4-2-6-17(19)18-7-3-5-9-20(18)22/h2-11,13,15,22H,12,14H2,1H3,(H,28,33)(H,29,30)(H,31,32). The molecule has 0 aliphatic heterocycles. The molecule has 0 bridgehead atoms. The predicted octanol–water partition coefficient (Wildman–Crippen LogP) is 5.29. The zero-order valence-electron chi connectivity index (χ0n) is 18.4. The lowest BCUT2D eigenvalue weighted by Crippen LogP contribution is -2.36. The van der Waals surface area contributed by atoms with Gasteiger partial charge in [0.15, 0.2) is 0 Å². The van der Waals surface area contributed by atoms with Gasteiger partial charge in [0.1, 0.15) is 6.61 Å². The Morgan fingerprint density at radius 2 is 1.62 bits per heavy atom. The van der Waals surface area contributed by atoms with Crippen molar-refractivity contribution in [1.29, 1.82) is 0 Å². The third-order valence-electron chi connectivity index (χ3n) is 5.68. The summed E-state index contributed by atoms with van der Waals surface area (Å²) in [6, 6.07) is 19.8. The van der Waals surface area contributed by atoms with Crippen LogP contribution in [0.3, 0.4) is 0 Å². The third-order valence-corrected chi connectivity index (χ3v) is 6.01. The summed E-state index contributed by atoms with van der Waals surface area (Å²) >= 11 is 5.85. The number of rotatable bonds is 7. The van der Waals surface area contributed by atoms with Crippen LogP contribution in [0.2, 0.25) is 5.02 Å². The lowest BCUT2D eigenvalue weighted by atomic mass is 9.98. The smallest absolute Gasteiger partial charge is 0.407 e. The van der Waals surface area contributed by atoms with Gasteiger partial charge in [0.2, 0.25) is 5.91 Å². The minimum atomic E-state index is -1.19. The molecule has 0 saturated heterocycles. The molecule has 3 N–H and O–H groups in total. The zero-order valence-corrected chi connectivity index (χ0v) is 19.1. The Labute approximate surface area is 201 Å². The molecule has 0 heterocycles. The van der Waals surface area contributed by atoms with Gasteiger partial charge in [-0.25, -0.2) is 9.59 Å². The molecule has 0 saturated carbocycles. The molecule has 8 heteroatoms. The first-order valence-electron chi connectivity index (χ1n) is 10.8. The zero-order chi connectivity index (χ0) is 24.2. The molecular formula is C26H23ClN2O5. The molecule has 7 nitrogen and oxygen atoms in total. The van der Waals surface area contributed by atoms with Crippen molar-refractivity contribution in [2.75, 3.05) is 11.9 Å². The summed E-state index contributed by atoms with van der Waals surface area (Å²) in [5.74, 6) is -1.62. The van der Waals surface area contributed by atoms with Crippen LogP contribution in [0, 0.1) is 0 Å². The molecule has 1 aliphatic carbocycles. The van der Waals surface area contributed by atoms with E-state index in [1.165, 1.54) is 18.2 Å². The van der Waals surface area contributed by atoms with E-state index in [1.54, 1.807) is 6.92 Å². The molecule has 1 aliphatic rings. The fourth-order valence-electron chi connectivity index (χ4n) is 4.15. The first-order valence-corrected chi connectivity index (χ1v) is 11.2. The molecule has 0 radical (unpaired) electrons. The second kappa shape index (κ2) is 9.97. The van der Waals surface area contributed by atoms with Crippen LogP contribution in [0.5, 0.6) is 0 Å². The lowest BCUT2D eigenvalue weighted by molar-refractivity contribution is -0.116. The Morgan fingerprint density at radius 1 is 1.00 bits per heavy atom. The van der Waals surface area contributed by atoms with Crippen molar-refractivity contribution in [3.63, 3.8) is 0 Å². The number of aromatic carboxylic acids is 1. The number of hydrogen-bond donors (Lipinski definition) is 3. The number of fused-ring (bicyclic) bond motifs is 3. The molecule has 0 fully saturated rings. The maximum atomic E-state index is 12.4. The van der Waals surface area contributed by atoms with Gasteiger partial charge in [0.25, 0.3) is 0 Å². The van der Waals surface area contributed by atoms with Crippen LogP contribution in [0.25, 0.3) is 11.1 Å². The monoisotopic (exact) mass is 478 g/mol. The summed E-state index contributed by atoms with van der Waals surface area (Å²) in [5.41, 5.74) is 4.72. The Hall–Kier alpha value is -3.84. The van der Waals surface area contributed by atoms with Gasteiger partial charge >= 0.3 is 12.1 Å². The van der Waals surface area contributed by atoms with Crippen molar-refractivity contribution in [2.24, 2.45) is 0 Å². The van der Waals surface area contributed by atoms with E-state index in [0.717, 1.165) is 22.3 Å². The average Bonchev–Trinajstić information content (AvgIpc) is 3.12. The molecular weight excluding hydrogens is 456 g/mol. The number of halogens is 1.